The summed E-state index contributed by atoms with van der Waals surface area (Å²) in [5.74, 6) is -1.62. The number of rotatable bonds is 5. The lowest BCUT2D eigenvalue weighted by Crippen LogP contribution is -2.28. The standard InChI is InChI=1S/C25H17F2N5O3/c26-14-1-4-17(5-2-14)32-13-15(28)11-19(25(32)34)24(33)31-16-3-6-22(20(27)12-16)35-21-8-10-30-23-18(21)7-9-29-23/h1-13H,28H2,(H,29,30)(H,31,33). The molecule has 2 aromatic carbocycles. The van der Waals surface area contributed by atoms with E-state index in [0.29, 0.717) is 22.5 Å². The van der Waals surface area contributed by atoms with Gasteiger partial charge < -0.3 is 20.8 Å². The maximum absolute atomic E-state index is 14.8. The molecule has 0 aliphatic carbocycles. The van der Waals surface area contributed by atoms with Crippen LogP contribution in [0.3, 0.4) is 0 Å². The van der Waals surface area contributed by atoms with E-state index in [2.05, 4.69) is 15.3 Å². The molecule has 0 unspecified atom stereocenters. The number of carbonyl (C=O) groups excluding carboxylic acids is 1. The van der Waals surface area contributed by atoms with Crippen molar-refractivity contribution in [3.05, 3.63) is 107 Å². The third-order valence-electron chi connectivity index (χ3n) is 5.22. The van der Waals surface area contributed by atoms with Crippen LogP contribution >= 0.6 is 0 Å². The van der Waals surface area contributed by atoms with Crippen molar-refractivity contribution in [1.29, 1.82) is 0 Å². The molecule has 3 aromatic heterocycles. The summed E-state index contributed by atoms with van der Waals surface area (Å²) in [6.45, 7) is 0. The van der Waals surface area contributed by atoms with Crippen molar-refractivity contribution in [1.82, 2.24) is 14.5 Å². The van der Waals surface area contributed by atoms with E-state index in [4.69, 9.17) is 10.5 Å². The molecular formula is C25H17F2N5O3. The van der Waals surface area contributed by atoms with Crippen LogP contribution in [0, 0.1) is 11.6 Å². The maximum Gasteiger partial charge on any atom is 0.268 e. The summed E-state index contributed by atoms with van der Waals surface area (Å²) in [5.41, 5.74) is 6.12. The molecule has 4 N–H and O–H groups in total. The van der Waals surface area contributed by atoms with E-state index in [1.165, 1.54) is 54.9 Å². The fourth-order valence-corrected chi connectivity index (χ4v) is 3.56. The molecule has 8 nitrogen and oxygen atoms in total. The molecule has 5 rings (SSSR count). The van der Waals surface area contributed by atoms with Crippen LogP contribution in [0.1, 0.15) is 10.4 Å². The minimum absolute atomic E-state index is 0.0562. The van der Waals surface area contributed by atoms with Crippen LogP contribution in [0.25, 0.3) is 16.7 Å². The summed E-state index contributed by atoms with van der Waals surface area (Å²) >= 11 is 0. The second-order valence-corrected chi connectivity index (χ2v) is 7.59. The highest BCUT2D eigenvalue weighted by Crippen LogP contribution is 2.31. The minimum Gasteiger partial charge on any atom is -0.453 e. The van der Waals surface area contributed by atoms with Crippen molar-refractivity contribution in [3.63, 3.8) is 0 Å². The van der Waals surface area contributed by atoms with Crippen molar-refractivity contribution >= 4 is 28.3 Å². The van der Waals surface area contributed by atoms with Crippen molar-refractivity contribution in [3.8, 4) is 17.2 Å². The number of fused-ring (bicyclic) bond motifs is 1. The molecule has 1 amide bonds. The Labute approximate surface area is 196 Å². The van der Waals surface area contributed by atoms with Gasteiger partial charge in [0.05, 0.1) is 5.39 Å². The summed E-state index contributed by atoms with van der Waals surface area (Å²) in [4.78, 5) is 32.8. The van der Waals surface area contributed by atoms with Crippen molar-refractivity contribution in [2.75, 3.05) is 11.1 Å². The van der Waals surface area contributed by atoms with E-state index in [9.17, 15) is 18.4 Å². The molecule has 5 aromatic rings. The smallest absolute Gasteiger partial charge is 0.268 e. The molecule has 3 heterocycles. The number of nitrogens with one attached hydrogen (secondary N) is 2. The second-order valence-electron chi connectivity index (χ2n) is 7.59. The Balaban J connectivity index is 1.39. The molecule has 10 heteroatoms. The van der Waals surface area contributed by atoms with Crippen LogP contribution in [0.2, 0.25) is 0 Å². The van der Waals surface area contributed by atoms with E-state index in [0.717, 1.165) is 10.6 Å². The molecule has 35 heavy (non-hydrogen) atoms. The third-order valence-corrected chi connectivity index (χ3v) is 5.22. The average molecular weight is 473 g/mol. The monoisotopic (exact) mass is 473 g/mol. The molecule has 0 atom stereocenters. The van der Waals surface area contributed by atoms with Gasteiger partial charge >= 0.3 is 0 Å². The molecule has 0 saturated carbocycles. The number of nitrogens with zero attached hydrogens (tertiary/aromatic N) is 2. The normalized spacial score (nSPS) is 10.9. The van der Waals surface area contributed by atoms with Gasteiger partial charge in [-0.3, -0.25) is 14.2 Å². The number of carbonyl (C=O) groups is 1. The predicted octanol–water partition coefficient (Wildman–Crippen LogP) is 4.62. The van der Waals surface area contributed by atoms with Crippen LogP contribution in [-0.4, -0.2) is 20.4 Å². The number of hydrogen-bond donors (Lipinski definition) is 3. The zero-order valence-corrected chi connectivity index (χ0v) is 18.0. The fraction of sp³-hybridized carbons (Fsp3) is 0. The average Bonchev–Trinajstić information content (AvgIpc) is 3.32. The van der Waals surface area contributed by atoms with Crippen LogP contribution < -0.4 is 21.3 Å². The maximum atomic E-state index is 14.8. The zero-order valence-electron chi connectivity index (χ0n) is 18.0. The van der Waals surface area contributed by atoms with Crippen molar-refractivity contribution in [2.45, 2.75) is 0 Å². The Morgan fingerprint density at radius 3 is 2.60 bits per heavy atom. The number of ether oxygens (including phenoxy) is 1. The van der Waals surface area contributed by atoms with Gasteiger partial charge in [-0.25, -0.2) is 13.8 Å². The topological polar surface area (TPSA) is 115 Å². The number of nitrogen functional groups attached to an aromatic ring is 1. The molecule has 0 spiro atoms. The van der Waals surface area contributed by atoms with Crippen LogP contribution in [0.5, 0.6) is 11.5 Å². The Kier molecular flexibility index (Phi) is 5.46. The van der Waals surface area contributed by atoms with E-state index < -0.39 is 23.1 Å². The zero-order chi connectivity index (χ0) is 24.5. The number of benzene rings is 2. The van der Waals surface area contributed by atoms with Gasteiger partial charge in [0.25, 0.3) is 11.5 Å². The van der Waals surface area contributed by atoms with Gasteiger partial charge in [-0.1, -0.05) is 0 Å². The number of pyridine rings is 2. The van der Waals surface area contributed by atoms with Gasteiger partial charge in [0, 0.05) is 41.7 Å². The molecule has 0 bridgehead atoms. The van der Waals surface area contributed by atoms with Gasteiger partial charge in [-0.05, 0) is 54.6 Å². The minimum atomic E-state index is -0.783. The quantitative estimate of drug-likeness (QED) is 0.345. The lowest BCUT2D eigenvalue weighted by atomic mass is 10.2. The Morgan fingerprint density at radius 2 is 1.83 bits per heavy atom. The first-order chi connectivity index (χ1) is 16.9. The fourth-order valence-electron chi connectivity index (χ4n) is 3.56. The van der Waals surface area contributed by atoms with Gasteiger partial charge in [-0.2, -0.15) is 0 Å². The highest BCUT2D eigenvalue weighted by Gasteiger charge is 2.17. The van der Waals surface area contributed by atoms with E-state index in [1.807, 2.05) is 0 Å². The number of anilines is 2. The van der Waals surface area contributed by atoms with Gasteiger partial charge in [-0.15, -0.1) is 0 Å². The van der Waals surface area contributed by atoms with Gasteiger partial charge in [0.2, 0.25) is 0 Å². The number of halogens is 2. The summed E-state index contributed by atoms with van der Waals surface area (Å²) in [6.07, 6.45) is 4.56. The van der Waals surface area contributed by atoms with Crippen LogP contribution in [0.4, 0.5) is 20.2 Å². The van der Waals surface area contributed by atoms with Gasteiger partial charge in [0.1, 0.15) is 22.8 Å². The lowest BCUT2D eigenvalue weighted by molar-refractivity contribution is 0.102. The van der Waals surface area contributed by atoms with Crippen molar-refractivity contribution < 1.29 is 18.3 Å². The first-order valence-electron chi connectivity index (χ1n) is 10.4. The Bertz CT molecular complexity index is 1630. The number of aromatic amines is 1. The highest BCUT2D eigenvalue weighted by molar-refractivity contribution is 6.04. The number of hydrogen-bond acceptors (Lipinski definition) is 5. The van der Waals surface area contributed by atoms with Gasteiger partial charge in [0.15, 0.2) is 11.6 Å². The summed E-state index contributed by atoms with van der Waals surface area (Å²) in [6, 6.07) is 13.6. The molecule has 0 aliphatic heterocycles. The number of amides is 1. The Hall–Kier alpha value is -4.99. The molecule has 174 valence electrons. The summed E-state index contributed by atoms with van der Waals surface area (Å²) < 4.78 is 34.8. The van der Waals surface area contributed by atoms with Crippen LogP contribution in [0.15, 0.2) is 84.0 Å². The van der Waals surface area contributed by atoms with Crippen LogP contribution in [-0.2, 0) is 0 Å². The number of nitrogens with two attached hydrogens (primary N) is 1. The molecule has 0 saturated heterocycles. The molecule has 0 radical (unpaired) electrons. The highest BCUT2D eigenvalue weighted by atomic mass is 19.1. The molecule has 0 aliphatic rings. The SMILES string of the molecule is Nc1cc(C(=O)Nc2ccc(Oc3ccnc4[nH]ccc34)c(F)c2)c(=O)n(-c2ccc(F)cc2)c1. The van der Waals surface area contributed by atoms with E-state index >= 15 is 0 Å². The van der Waals surface area contributed by atoms with Crippen molar-refractivity contribution in [2.24, 2.45) is 0 Å². The second kappa shape index (κ2) is 8.75. The molecular weight excluding hydrogens is 456 g/mol. The summed E-state index contributed by atoms with van der Waals surface area (Å²) in [7, 11) is 0. The van der Waals surface area contributed by atoms with E-state index in [1.54, 1.807) is 18.3 Å². The number of H-pyrrole nitrogens is 1. The first-order valence-corrected chi connectivity index (χ1v) is 10.4. The largest absolute Gasteiger partial charge is 0.453 e. The lowest BCUT2D eigenvalue weighted by Gasteiger charge is -2.12. The first kappa shape index (κ1) is 21.8. The number of aromatic nitrogens is 3. The third kappa shape index (κ3) is 4.32. The van der Waals surface area contributed by atoms with E-state index in [-0.39, 0.29) is 22.7 Å². The molecule has 0 fully saturated rings. The summed E-state index contributed by atoms with van der Waals surface area (Å²) in [5, 5.41) is 3.18. The Morgan fingerprint density at radius 1 is 1.03 bits per heavy atom. The predicted molar refractivity (Wildman–Crippen MR) is 127 cm³/mol.